The molecule has 1 heterocycles. The molecule has 0 saturated heterocycles. The van der Waals surface area contributed by atoms with Gasteiger partial charge in [-0.2, -0.15) is 0 Å². The summed E-state index contributed by atoms with van der Waals surface area (Å²) >= 11 is 0. The first-order chi connectivity index (χ1) is 9.29. The maximum atomic E-state index is 5.67. The summed E-state index contributed by atoms with van der Waals surface area (Å²) in [6.45, 7) is 1.72. The van der Waals surface area contributed by atoms with E-state index in [0.717, 1.165) is 13.0 Å². The molecule has 0 radical (unpaired) electrons. The summed E-state index contributed by atoms with van der Waals surface area (Å²) in [7, 11) is 2.21. The molecule has 2 N–H and O–H groups in total. The van der Waals surface area contributed by atoms with Crippen LogP contribution in [0.25, 0.3) is 0 Å². The molecule has 0 aromatic heterocycles. The Balaban J connectivity index is 2.02. The number of hydrogen-bond donors (Lipinski definition) is 1. The van der Waals surface area contributed by atoms with E-state index in [9.17, 15) is 0 Å². The lowest BCUT2D eigenvalue weighted by atomic mass is 9.88. The Morgan fingerprint density at radius 2 is 1.84 bits per heavy atom. The Bertz CT molecular complexity index is 560. The zero-order chi connectivity index (χ0) is 13.2. The van der Waals surface area contributed by atoms with Crippen molar-refractivity contribution in [2.75, 3.05) is 13.6 Å². The van der Waals surface area contributed by atoms with Crippen LogP contribution in [0.2, 0.25) is 0 Å². The molecule has 2 aromatic rings. The van der Waals surface area contributed by atoms with Crippen LogP contribution in [0.3, 0.4) is 0 Å². The third-order valence-corrected chi connectivity index (χ3v) is 4.06. The summed E-state index contributed by atoms with van der Waals surface area (Å²) in [5.74, 6) is 0. The van der Waals surface area contributed by atoms with E-state index in [2.05, 4.69) is 60.5 Å². The fourth-order valence-electron chi connectivity index (χ4n) is 2.96. The molecule has 0 bridgehead atoms. The SMILES string of the molecule is CN1CCc2ccccc2C1c1ccc(CN)cc1. The molecule has 0 saturated carbocycles. The fraction of sp³-hybridized carbons (Fsp3) is 0.294. The van der Waals surface area contributed by atoms with Crippen LogP contribution in [0, 0.1) is 0 Å². The normalized spacial score (nSPS) is 19.2. The molecule has 98 valence electrons. The Morgan fingerprint density at radius 3 is 2.58 bits per heavy atom. The standard InChI is InChI=1S/C17H20N2/c1-19-11-10-14-4-2-3-5-16(14)17(19)15-8-6-13(12-18)7-9-15/h2-9,17H,10-12,18H2,1H3. The average molecular weight is 252 g/mol. The van der Waals surface area contributed by atoms with Crippen LogP contribution < -0.4 is 5.73 Å². The summed E-state index contributed by atoms with van der Waals surface area (Å²) in [5, 5.41) is 0. The number of nitrogens with zero attached hydrogens (tertiary/aromatic N) is 1. The molecule has 19 heavy (non-hydrogen) atoms. The molecule has 0 aliphatic carbocycles. The van der Waals surface area contributed by atoms with Crippen molar-refractivity contribution in [3.63, 3.8) is 0 Å². The van der Waals surface area contributed by atoms with Crippen LogP contribution in [0.5, 0.6) is 0 Å². The first-order valence-corrected chi connectivity index (χ1v) is 6.86. The molecule has 1 aliphatic heterocycles. The molecule has 2 nitrogen and oxygen atoms in total. The summed E-state index contributed by atoms with van der Waals surface area (Å²) in [4.78, 5) is 2.43. The second kappa shape index (κ2) is 5.16. The number of likely N-dealkylation sites (N-methyl/N-ethyl adjacent to an activating group) is 1. The van der Waals surface area contributed by atoms with Gasteiger partial charge in [-0.15, -0.1) is 0 Å². The van der Waals surface area contributed by atoms with Crippen LogP contribution >= 0.6 is 0 Å². The van der Waals surface area contributed by atoms with Gasteiger partial charge in [-0.05, 0) is 35.7 Å². The Labute approximate surface area is 114 Å². The third kappa shape index (κ3) is 2.29. The predicted octanol–water partition coefficient (Wildman–Crippen LogP) is 2.72. The minimum absolute atomic E-state index is 0.372. The predicted molar refractivity (Wildman–Crippen MR) is 79.0 cm³/mol. The third-order valence-electron chi connectivity index (χ3n) is 4.06. The highest BCUT2D eigenvalue weighted by molar-refractivity contribution is 5.40. The topological polar surface area (TPSA) is 29.3 Å². The van der Waals surface area contributed by atoms with Crippen molar-refractivity contribution >= 4 is 0 Å². The van der Waals surface area contributed by atoms with Crippen molar-refractivity contribution in [2.24, 2.45) is 5.73 Å². The molecule has 0 spiro atoms. The van der Waals surface area contributed by atoms with Gasteiger partial charge in [0.25, 0.3) is 0 Å². The molecular formula is C17H20N2. The van der Waals surface area contributed by atoms with Gasteiger partial charge in [-0.25, -0.2) is 0 Å². The van der Waals surface area contributed by atoms with Gasteiger partial charge in [0.15, 0.2) is 0 Å². The van der Waals surface area contributed by atoms with Gasteiger partial charge in [-0.3, -0.25) is 4.90 Å². The van der Waals surface area contributed by atoms with Gasteiger partial charge in [-0.1, -0.05) is 48.5 Å². The minimum atomic E-state index is 0.372. The number of nitrogens with two attached hydrogens (primary N) is 1. The van der Waals surface area contributed by atoms with Gasteiger partial charge < -0.3 is 5.73 Å². The fourth-order valence-corrected chi connectivity index (χ4v) is 2.96. The van der Waals surface area contributed by atoms with E-state index in [1.807, 2.05) is 0 Å². The molecular weight excluding hydrogens is 232 g/mol. The lowest BCUT2D eigenvalue weighted by Crippen LogP contribution is -2.32. The first-order valence-electron chi connectivity index (χ1n) is 6.86. The van der Waals surface area contributed by atoms with Crippen molar-refractivity contribution in [3.8, 4) is 0 Å². The van der Waals surface area contributed by atoms with E-state index < -0.39 is 0 Å². The Kier molecular flexibility index (Phi) is 3.36. The summed E-state index contributed by atoms with van der Waals surface area (Å²) < 4.78 is 0. The lowest BCUT2D eigenvalue weighted by Gasteiger charge is -2.35. The quantitative estimate of drug-likeness (QED) is 0.890. The van der Waals surface area contributed by atoms with E-state index in [1.54, 1.807) is 0 Å². The monoisotopic (exact) mass is 252 g/mol. The Hall–Kier alpha value is -1.64. The molecule has 0 fully saturated rings. The van der Waals surface area contributed by atoms with E-state index in [-0.39, 0.29) is 0 Å². The van der Waals surface area contributed by atoms with Crippen LogP contribution in [-0.2, 0) is 13.0 Å². The highest BCUT2D eigenvalue weighted by Crippen LogP contribution is 2.33. The van der Waals surface area contributed by atoms with E-state index in [0.29, 0.717) is 12.6 Å². The molecule has 0 amide bonds. The van der Waals surface area contributed by atoms with Gasteiger partial charge in [0.05, 0.1) is 6.04 Å². The van der Waals surface area contributed by atoms with E-state index in [4.69, 9.17) is 5.73 Å². The van der Waals surface area contributed by atoms with Crippen LogP contribution in [0.15, 0.2) is 48.5 Å². The number of benzene rings is 2. The Morgan fingerprint density at radius 1 is 1.11 bits per heavy atom. The summed E-state index contributed by atoms with van der Waals surface area (Å²) in [5.41, 5.74) is 11.1. The van der Waals surface area contributed by atoms with Gasteiger partial charge in [0.1, 0.15) is 0 Å². The molecule has 1 atom stereocenters. The second-order valence-electron chi connectivity index (χ2n) is 5.28. The zero-order valence-corrected chi connectivity index (χ0v) is 11.3. The minimum Gasteiger partial charge on any atom is -0.326 e. The highest BCUT2D eigenvalue weighted by atomic mass is 15.1. The van der Waals surface area contributed by atoms with E-state index in [1.165, 1.54) is 22.3 Å². The maximum Gasteiger partial charge on any atom is 0.0602 e. The summed E-state index contributed by atoms with van der Waals surface area (Å²) in [6.07, 6.45) is 1.14. The first kappa shape index (κ1) is 12.4. The maximum absolute atomic E-state index is 5.67. The van der Waals surface area contributed by atoms with Crippen molar-refractivity contribution < 1.29 is 0 Å². The molecule has 2 heteroatoms. The summed E-state index contributed by atoms with van der Waals surface area (Å²) in [6, 6.07) is 17.9. The second-order valence-corrected chi connectivity index (χ2v) is 5.28. The van der Waals surface area contributed by atoms with Gasteiger partial charge in [0, 0.05) is 13.1 Å². The smallest absolute Gasteiger partial charge is 0.0602 e. The van der Waals surface area contributed by atoms with Crippen LogP contribution in [-0.4, -0.2) is 18.5 Å². The molecule has 1 aliphatic rings. The average Bonchev–Trinajstić information content (AvgIpc) is 2.47. The lowest BCUT2D eigenvalue weighted by molar-refractivity contribution is 0.265. The van der Waals surface area contributed by atoms with Crippen molar-refractivity contribution in [2.45, 2.75) is 19.0 Å². The van der Waals surface area contributed by atoms with E-state index >= 15 is 0 Å². The molecule has 2 aromatic carbocycles. The molecule has 1 unspecified atom stereocenters. The van der Waals surface area contributed by atoms with Crippen molar-refractivity contribution in [1.29, 1.82) is 0 Å². The zero-order valence-electron chi connectivity index (χ0n) is 11.3. The van der Waals surface area contributed by atoms with Crippen molar-refractivity contribution in [1.82, 2.24) is 4.90 Å². The van der Waals surface area contributed by atoms with Crippen molar-refractivity contribution in [3.05, 3.63) is 70.8 Å². The molecule has 3 rings (SSSR count). The largest absolute Gasteiger partial charge is 0.326 e. The number of hydrogen-bond acceptors (Lipinski definition) is 2. The van der Waals surface area contributed by atoms with Gasteiger partial charge >= 0.3 is 0 Å². The number of fused-ring (bicyclic) bond motifs is 1. The van der Waals surface area contributed by atoms with Gasteiger partial charge in [0.2, 0.25) is 0 Å². The van der Waals surface area contributed by atoms with Crippen LogP contribution in [0.1, 0.15) is 28.3 Å². The van der Waals surface area contributed by atoms with Crippen LogP contribution in [0.4, 0.5) is 0 Å². The number of rotatable bonds is 2. The highest BCUT2D eigenvalue weighted by Gasteiger charge is 2.25.